The van der Waals surface area contributed by atoms with E-state index in [1.165, 1.54) is 16.5 Å². The van der Waals surface area contributed by atoms with Gasteiger partial charge in [-0.25, -0.2) is 9.97 Å². The van der Waals surface area contributed by atoms with Crippen molar-refractivity contribution in [1.29, 1.82) is 0 Å². The summed E-state index contributed by atoms with van der Waals surface area (Å²) in [5, 5.41) is 4.80. The number of nitrogens with one attached hydrogen (secondary N) is 1. The third-order valence-electron chi connectivity index (χ3n) is 5.84. The number of anilines is 2. The fourth-order valence-electron chi connectivity index (χ4n) is 4.12. The van der Waals surface area contributed by atoms with E-state index in [9.17, 15) is 0 Å². The molecule has 0 fully saturated rings. The second-order valence-corrected chi connectivity index (χ2v) is 8.09. The predicted octanol–water partition coefficient (Wildman–Crippen LogP) is 7.15. The normalized spacial score (nSPS) is 11.1. The Balaban J connectivity index is 1.62. The van der Waals surface area contributed by atoms with Crippen LogP contribution >= 0.6 is 0 Å². The first kappa shape index (κ1) is 20.0. The summed E-state index contributed by atoms with van der Waals surface area (Å²) < 4.78 is 2.26. The van der Waals surface area contributed by atoms with Crippen LogP contribution < -0.4 is 5.32 Å². The smallest absolute Gasteiger partial charge is 0.125 e. The highest BCUT2D eigenvalue weighted by Gasteiger charge is 2.15. The molecule has 0 saturated carbocycles. The summed E-state index contributed by atoms with van der Waals surface area (Å²) in [7, 11) is 0. The fourth-order valence-corrected chi connectivity index (χ4v) is 4.12. The summed E-state index contributed by atoms with van der Waals surface area (Å²) in [6, 6.07) is 25.5. The monoisotopic (exact) mass is 418 g/mol. The first-order valence-electron chi connectivity index (χ1n) is 11.0. The van der Waals surface area contributed by atoms with Gasteiger partial charge in [0.15, 0.2) is 0 Å². The van der Waals surface area contributed by atoms with Crippen LogP contribution in [0, 0.1) is 13.8 Å². The molecule has 1 N–H and O–H groups in total. The van der Waals surface area contributed by atoms with Crippen LogP contribution in [0.1, 0.15) is 18.3 Å². The zero-order valence-corrected chi connectivity index (χ0v) is 18.6. The van der Waals surface area contributed by atoms with Crippen LogP contribution in [0.3, 0.4) is 0 Å². The maximum absolute atomic E-state index is 4.88. The Bertz CT molecular complexity index is 1400. The van der Waals surface area contributed by atoms with Gasteiger partial charge < -0.3 is 9.88 Å². The lowest BCUT2D eigenvalue weighted by atomic mass is 9.98. The number of hydrogen-bond acceptors (Lipinski definition) is 3. The van der Waals surface area contributed by atoms with Crippen LogP contribution in [0.25, 0.3) is 33.3 Å². The molecule has 0 radical (unpaired) electrons. The molecule has 5 aromatic rings. The van der Waals surface area contributed by atoms with Crippen molar-refractivity contribution in [3.63, 3.8) is 0 Å². The van der Waals surface area contributed by atoms with Gasteiger partial charge in [0.1, 0.15) is 5.82 Å². The van der Waals surface area contributed by atoms with E-state index >= 15 is 0 Å². The highest BCUT2D eigenvalue weighted by molar-refractivity contribution is 5.92. The molecule has 32 heavy (non-hydrogen) atoms. The van der Waals surface area contributed by atoms with Gasteiger partial charge in [-0.3, -0.25) is 0 Å². The number of aromatic nitrogens is 3. The molecule has 4 heteroatoms. The summed E-state index contributed by atoms with van der Waals surface area (Å²) in [5.41, 5.74) is 8.69. The van der Waals surface area contributed by atoms with Gasteiger partial charge in [-0.2, -0.15) is 0 Å². The van der Waals surface area contributed by atoms with E-state index in [0.717, 1.165) is 46.1 Å². The van der Waals surface area contributed by atoms with Gasteiger partial charge >= 0.3 is 0 Å². The Labute approximate surface area is 188 Å². The molecular weight excluding hydrogens is 392 g/mol. The molecular formula is C28H26N4. The lowest BCUT2D eigenvalue weighted by Gasteiger charge is -2.15. The Morgan fingerprint density at radius 2 is 1.69 bits per heavy atom. The van der Waals surface area contributed by atoms with Gasteiger partial charge in [0.2, 0.25) is 0 Å². The second-order valence-electron chi connectivity index (χ2n) is 8.09. The first-order chi connectivity index (χ1) is 15.6. The summed E-state index contributed by atoms with van der Waals surface area (Å²) in [5.74, 6) is 0.757. The summed E-state index contributed by atoms with van der Waals surface area (Å²) in [6.45, 7) is 7.16. The zero-order chi connectivity index (χ0) is 22.1. The zero-order valence-electron chi connectivity index (χ0n) is 18.6. The summed E-state index contributed by atoms with van der Waals surface area (Å²) >= 11 is 0. The van der Waals surface area contributed by atoms with Crippen LogP contribution in [-0.4, -0.2) is 14.5 Å². The Kier molecular flexibility index (Phi) is 5.20. The third kappa shape index (κ3) is 3.76. The van der Waals surface area contributed by atoms with Gasteiger partial charge in [-0.15, -0.1) is 0 Å². The van der Waals surface area contributed by atoms with E-state index in [0.29, 0.717) is 0 Å². The molecule has 2 heterocycles. The Morgan fingerprint density at radius 3 is 2.50 bits per heavy atom. The largest absolute Gasteiger partial charge is 0.355 e. The van der Waals surface area contributed by atoms with Crippen molar-refractivity contribution < 1.29 is 0 Å². The molecule has 3 aromatic carbocycles. The minimum absolute atomic E-state index is 0.757. The molecule has 0 atom stereocenters. The predicted molar refractivity (Wildman–Crippen MR) is 133 cm³/mol. The average molecular weight is 419 g/mol. The molecule has 5 rings (SSSR count). The van der Waals surface area contributed by atoms with Crippen LogP contribution in [-0.2, 0) is 6.54 Å². The number of benzene rings is 3. The molecule has 0 aliphatic heterocycles. The first-order valence-corrected chi connectivity index (χ1v) is 11.0. The van der Waals surface area contributed by atoms with E-state index < -0.39 is 0 Å². The van der Waals surface area contributed by atoms with Crippen molar-refractivity contribution in [2.75, 3.05) is 5.32 Å². The van der Waals surface area contributed by atoms with Gasteiger partial charge in [0.05, 0.1) is 5.69 Å². The van der Waals surface area contributed by atoms with Crippen molar-refractivity contribution in [1.82, 2.24) is 14.5 Å². The highest BCUT2D eigenvalue weighted by Crippen LogP contribution is 2.36. The van der Waals surface area contributed by atoms with Crippen LogP contribution in [0.4, 0.5) is 11.4 Å². The Morgan fingerprint density at radius 1 is 0.875 bits per heavy atom. The number of aryl methyl sites for hydroxylation is 3. The number of rotatable bonds is 5. The van der Waals surface area contributed by atoms with E-state index in [2.05, 4.69) is 102 Å². The highest BCUT2D eigenvalue weighted by atomic mass is 14.9. The quantitative estimate of drug-likeness (QED) is 0.330. The number of nitrogens with zero attached hydrogens (tertiary/aromatic N) is 3. The van der Waals surface area contributed by atoms with Crippen molar-refractivity contribution in [2.24, 2.45) is 0 Å². The van der Waals surface area contributed by atoms with Crippen molar-refractivity contribution in [2.45, 2.75) is 27.3 Å². The van der Waals surface area contributed by atoms with Crippen molar-refractivity contribution in [3.8, 4) is 22.4 Å². The molecule has 0 spiro atoms. The van der Waals surface area contributed by atoms with Gasteiger partial charge in [-0.1, -0.05) is 42.0 Å². The van der Waals surface area contributed by atoms with Gasteiger partial charge in [0, 0.05) is 52.3 Å². The number of para-hydroxylation sites is 1. The molecule has 0 saturated heterocycles. The molecule has 2 aromatic heterocycles. The van der Waals surface area contributed by atoms with E-state index in [1.54, 1.807) is 0 Å². The van der Waals surface area contributed by atoms with Gasteiger partial charge in [-0.05, 0) is 62.7 Å². The maximum Gasteiger partial charge on any atom is 0.125 e. The molecule has 4 nitrogen and oxygen atoms in total. The molecule has 0 aliphatic carbocycles. The average Bonchev–Trinajstić information content (AvgIpc) is 3.23. The maximum atomic E-state index is 4.88. The molecule has 0 aliphatic rings. The molecule has 0 unspecified atom stereocenters. The van der Waals surface area contributed by atoms with Crippen molar-refractivity contribution >= 4 is 22.3 Å². The summed E-state index contributed by atoms with van der Waals surface area (Å²) in [6.07, 6.45) is 4.08. The molecule has 0 bridgehead atoms. The second kappa shape index (κ2) is 8.31. The van der Waals surface area contributed by atoms with Crippen molar-refractivity contribution in [3.05, 3.63) is 96.6 Å². The van der Waals surface area contributed by atoms with E-state index in [1.807, 2.05) is 19.2 Å². The number of hydrogen-bond donors (Lipinski definition) is 1. The SMILES string of the molecule is CCn1ccc2cc(-c3cnc(C)nc3-c3ccccc3Nc3ccc(C)cc3)ccc21. The topological polar surface area (TPSA) is 42.7 Å². The molecule has 0 amide bonds. The lowest BCUT2D eigenvalue weighted by molar-refractivity contribution is 0.798. The van der Waals surface area contributed by atoms with E-state index in [4.69, 9.17) is 4.98 Å². The Hall–Kier alpha value is -3.92. The standard InChI is InChI=1S/C28H26N4/c1-4-32-16-15-22-17-21(11-14-27(22)32)25-18-29-20(3)30-28(25)24-7-5-6-8-26(24)31-23-12-9-19(2)10-13-23/h5-18,31H,4H2,1-3H3. The minimum Gasteiger partial charge on any atom is -0.355 e. The van der Waals surface area contributed by atoms with E-state index in [-0.39, 0.29) is 0 Å². The van der Waals surface area contributed by atoms with Crippen LogP contribution in [0.5, 0.6) is 0 Å². The summed E-state index contributed by atoms with van der Waals surface area (Å²) in [4.78, 5) is 9.41. The molecule has 158 valence electrons. The number of fused-ring (bicyclic) bond motifs is 1. The minimum atomic E-state index is 0.757. The van der Waals surface area contributed by atoms with Crippen LogP contribution in [0.2, 0.25) is 0 Å². The lowest BCUT2D eigenvalue weighted by Crippen LogP contribution is -1.99. The fraction of sp³-hybridized carbons (Fsp3) is 0.143. The van der Waals surface area contributed by atoms with Gasteiger partial charge in [0.25, 0.3) is 0 Å². The third-order valence-corrected chi connectivity index (χ3v) is 5.84. The van der Waals surface area contributed by atoms with Crippen LogP contribution in [0.15, 0.2) is 85.2 Å².